The van der Waals surface area contributed by atoms with Gasteiger partial charge in [-0.15, -0.1) is 0 Å². The molecule has 0 aliphatic rings. The molecule has 0 bridgehead atoms. The summed E-state index contributed by atoms with van der Waals surface area (Å²) < 4.78 is 4.59. The lowest BCUT2D eigenvalue weighted by Crippen LogP contribution is -2.47. The number of hydrogen-bond donors (Lipinski definition) is 2. The number of carbonyl (C=O) groups is 3. The largest absolute Gasteiger partial charge is 0.456 e. The summed E-state index contributed by atoms with van der Waals surface area (Å²) in [5.41, 5.74) is 6.22. The summed E-state index contributed by atoms with van der Waals surface area (Å²) in [4.78, 5) is 33.9. The van der Waals surface area contributed by atoms with Gasteiger partial charge in [-0.05, 0) is 16.3 Å². The van der Waals surface area contributed by atoms with Gasteiger partial charge in [0.25, 0.3) is 5.91 Å². The molecule has 0 aliphatic heterocycles. The van der Waals surface area contributed by atoms with Crippen molar-refractivity contribution in [3.63, 3.8) is 0 Å². The summed E-state index contributed by atoms with van der Waals surface area (Å²) in [5.74, 6) is -1.77. The molecule has 0 saturated heterocycles. The molecule has 0 spiro atoms. The van der Waals surface area contributed by atoms with Crippen LogP contribution in [0.2, 0.25) is 0 Å². The van der Waals surface area contributed by atoms with Crippen molar-refractivity contribution in [1.29, 1.82) is 0 Å². The van der Waals surface area contributed by atoms with E-state index in [2.05, 4.69) is 10.1 Å². The molecule has 6 nitrogen and oxygen atoms in total. The molecule has 120 valence electrons. The molecule has 2 amide bonds. The number of primary amides is 1. The van der Waals surface area contributed by atoms with Gasteiger partial charge in [0.15, 0.2) is 6.61 Å². The van der Waals surface area contributed by atoms with Crippen LogP contribution in [0.1, 0.15) is 12.5 Å². The van der Waals surface area contributed by atoms with Crippen LogP contribution < -0.4 is 11.1 Å². The summed E-state index contributed by atoms with van der Waals surface area (Å²) in [5, 5.41) is 4.61. The first-order chi connectivity index (χ1) is 11.0. The first kappa shape index (κ1) is 16.5. The highest BCUT2D eigenvalue weighted by atomic mass is 16.5. The number of nitrogens with two attached hydrogens (primary N) is 1. The van der Waals surface area contributed by atoms with E-state index >= 15 is 0 Å². The molecule has 2 rings (SSSR count). The number of benzene rings is 2. The molecule has 0 heterocycles. The Balaban J connectivity index is 2.07. The van der Waals surface area contributed by atoms with Crippen LogP contribution in [0, 0.1) is 0 Å². The first-order valence-corrected chi connectivity index (χ1v) is 7.15. The van der Waals surface area contributed by atoms with Gasteiger partial charge in [0, 0.05) is 13.3 Å². The quantitative estimate of drug-likeness (QED) is 0.774. The van der Waals surface area contributed by atoms with Crippen LogP contribution in [0.4, 0.5) is 0 Å². The zero-order chi connectivity index (χ0) is 16.8. The molecule has 6 heteroatoms. The third-order valence-corrected chi connectivity index (χ3v) is 3.34. The predicted octanol–water partition coefficient (Wildman–Crippen LogP) is 0.915. The number of fused-ring (bicyclic) bond motifs is 1. The summed E-state index contributed by atoms with van der Waals surface area (Å²) in [6.45, 7) is 0.769. The number of hydrogen-bond acceptors (Lipinski definition) is 4. The minimum absolute atomic E-state index is 0.270. The first-order valence-electron chi connectivity index (χ1n) is 7.15. The third-order valence-electron chi connectivity index (χ3n) is 3.34. The normalized spacial score (nSPS) is 11.7. The lowest BCUT2D eigenvalue weighted by Gasteiger charge is -2.16. The van der Waals surface area contributed by atoms with Crippen molar-refractivity contribution in [2.24, 2.45) is 5.73 Å². The topological polar surface area (TPSA) is 98.5 Å². The Morgan fingerprint density at radius 1 is 1.13 bits per heavy atom. The van der Waals surface area contributed by atoms with Crippen molar-refractivity contribution in [2.75, 3.05) is 6.61 Å². The average molecular weight is 314 g/mol. The molecule has 0 aliphatic carbocycles. The van der Waals surface area contributed by atoms with E-state index < -0.39 is 30.4 Å². The summed E-state index contributed by atoms with van der Waals surface area (Å²) in [6.07, 6.45) is 0.270. The van der Waals surface area contributed by atoms with E-state index in [4.69, 9.17) is 5.73 Å². The van der Waals surface area contributed by atoms with Gasteiger partial charge >= 0.3 is 5.97 Å². The Bertz CT molecular complexity index is 742. The van der Waals surface area contributed by atoms with E-state index in [0.29, 0.717) is 0 Å². The Morgan fingerprint density at radius 3 is 2.48 bits per heavy atom. The van der Waals surface area contributed by atoms with Crippen LogP contribution in [0.5, 0.6) is 0 Å². The number of ether oxygens (including phenoxy) is 1. The van der Waals surface area contributed by atoms with Crippen LogP contribution in [0.3, 0.4) is 0 Å². The highest BCUT2D eigenvalue weighted by molar-refractivity contribution is 5.88. The second-order valence-electron chi connectivity index (χ2n) is 5.19. The molecule has 0 unspecified atom stereocenters. The molecule has 2 aromatic carbocycles. The molecule has 3 N–H and O–H groups in total. The van der Waals surface area contributed by atoms with Gasteiger partial charge in [0.05, 0.1) is 0 Å². The average Bonchev–Trinajstić information content (AvgIpc) is 2.52. The van der Waals surface area contributed by atoms with Crippen molar-refractivity contribution in [3.8, 4) is 0 Å². The van der Waals surface area contributed by atoms with Crippen molar-refractivity contribution in [3.05, 3.63) is 48.0 Å². The fourth-order valence-electron chi connectivity index (χ4n) is 2.23. The number of esters is 1. The Kier molecular flexibility index (Phi) is 5.30. The lowest BCUT2D eigenvalue weighted by atomic mass is 10.0. The van der Waals surface area contributed by atoms with E-state index in [1.165, 1.54) is 6.92 Å². The highest BCUT2D eigenvalue weighted by Gasteiger charge is 2.19. The fraction of sp³-hybridized carbons (Fsp3) is 0.235. The fourth-order valence-corrected chi connectivity index (χ4v) is 2.23. The molecule has 0 fully saturated rings. The summed E-state index contributed by atoms with van der Waals surface area (Å²) >= 11 is 0. The molecular formula is C17H18N2O4. The Morgan fingerprint density at radius 2 is 1.83 bits per heavy atom. The van der Waals surface area contributed by atoms with Crippen LogP contribution in [0.25, 0.3) is 10.8 Å². The number of rotatable bonds is 6. The highest BCUT2D eigenvalue weighted by Crippen LogP contribution is 2.16. The molecule has 2 aromatic rings. The zero-order valence-electron chi connectivity index (χ0n) is 12.7. The van der Waals surface area contributed by atoms with Crippen LogP contribution >= 0.6 is 0 Å². The van der Waals surface area contributed by atoms with E-state index in [1.807, 2.05) is 42.5 Å². The van der Waals surface area contributed by atoms with E-state index in [1.54, 1.807) is 0 Å². The lowest BCUT2D eigenvalue weighted by molar-refractivity contribution is -0.146. The number of nitrogens with one attached hydrogen (secondary N) is 1. The van der Waals surface area contributed by atoms with Gasteiger partial charge in [0.1, 0.15) is 6.04 Å². The summed E-state index contributed by atoms with van der Waals surface area (Å²) in [7, 11) is 0. The minimum atomic E-state index is -0.862. The van der Waals surface area contributed by atoms with Crippen molar-refractivity contribution in [1.82, 2.24) is 5.32 Å². The molecule has 0 radical (unpaired) electrons. The van der Waals surface area contributed by atoms with E-state index in [0.717, 1.165) is 16.3 Å². The monoisotopic (exact) mass is 314 g/mol. The van der Waals surface area contributed by atoms with Crippen molar-refractivity contribution in [2.45, 2.75) is 19.4 Å². The van der Waals surface area contributed by atoms with Gasteiger partial charge in [-0.25, -0.2) is 0 Å². The van der Waals surface area contributed by atoms with Crippen LogP contribution in [0.15, 0.2) is 42.5 Å². The van der Waals surface area contributed by atoms with E-state index in [-0.39, 0.29) is 6.42 Å². The van der Waals surface area contributed by atoms with Gasteiger partial charge in [-0.3, -0.25) is 14.4 Å². The standard InChI is InChI=1S/C17H18N2O4/c1-11(20)23-10-16(21)19-15(17(18)22)9-12-6-7-13-4-2-3-5-14(13)8-12/h2-8,15H,9-10H2,1H3,(H2,18,22)(H,19,21)/t15-/m0/s1. The maximum Gasteiger partial charge on any atom is 0.303 e. The number of amides is 2. The number of carbonyl (C=O) groups excluding carboxylic acids is 3. The predicted molar refractivity (Wildman–Crippen MR) is 85.4 cm³/mol. The Labute approximate surface area is 133 Å². The zero-order valence-corrected chi connectivity index (χ0v) is 12.7. The third kappa shape index (κ3) is 4.81. The van der Waals surface area contributed by atoms with Crippen molar-refractivity contribution >= 4 is 28.6 Å². The molecule has 0 saturated carbocycles. The maximum absolute atomic E-state index is 11.7. The van der Waals surface area contributed by atoms with Gasteiger partial charge in [0.2, 0.25) is 5.91 Å². The molecular weight excluding hydrogens is 296 g/mol. The second-order valence-corrected chi connectivity index (χ2v) is 5.19. The maximum atomic E-state index is 11.7. The van der Waals surface area contributed by atoms with Gasteiger partial charge in [-0.2, -0.15) is 0 Å². The molecule has 23 heavy (non-hydrogen) atoms. The minimum Gasteiger partial charge on any atom is -0.456 e. The molecule has 1 atom stereocenters. The van der Waals surface area contributed by atoms with Crippen LogP contribution in [-0.4, -0.2) is 30.4 Å². The second kappa shape index (κ2) is 7.40. The van der Waals surface area contributed by atoms with Crippen molar-refractivity contribution < 1.29 is 19.1 Å². The van der Waals surface area contributed by atoms with E-state index in [9.17, 15) is 14.4 Å². The smallest absolute Gasteiger partial charge is 0.303 e. The Hall–Kier alpha value is -2.89. The van der Waals surface area contributed by atoms with Gasteiger partial charge < -0.3 is 15.8 Å². The van der Waals surface area contributed by atoms with Crippen LogP contribution in [-0.2, 0) is 25.5 Å². The van der Waals surface area contributed by atoms with Gasteiger partial charge in [-0.1, -0.05) is 42.5 Å². The SMILES string of the molecule is CC(=O)OCC(=O)N[C@@H](Cc1ccc2ccccc2c1)C(N)=O. The summed E-state index contributed by atoms with van der Waals surface area (Å²) in [6, 6.07) is 12.8. The molecule has 0 aromatic heterocycles.